The second kappa shape index (κ2) is 6.51. The number of rotatable bonds is 7. The lowest BCUT2D eigenvalue weighted by Crippen LogP contribution is -2.25. The molecule has 0 fully saturated rings. The largest absolute Gasteiger partial charge is 0.478 e. The predicted molar refractivity (Wildman–Crippen MR) is 69.7 cm³/mol. The second-order valence-corrected chi connectivity index (χ2v) is 4.83. The van der Waals surface area contributed by atoms with Crippen LogP contribution in [0.25, 0.3) is 0 Å². The first-order chi connectivity index (χ1) is 8.41. The third-order valence-electron chi connectivity index (χ3n) is 2.86. The van der Waals surface area contributed by atoms with Gasteiger partial charge in [0.05, 0.1) is 11.9 Å². The highest BCUT2D eigenvalue weighted by Gasteiger charge is 2.16. The zero-order chi connectivity index (χ0) is 13.7. The lowest BCUT2D eigenvalue weighted by molar-refractivity contribution is 0.0694. The monoisotopic (exact) mass is 254 g/mol. The molecule has 0 aliphatic carbocycles. The van der Waals surface area contributed by atoms with E-state index in [1.807, 2.05) is 21.1 Å². The van der Waals surface area contributed by atoms with Crippen LogP contribution in [0.4, 0.5) is 0 Å². The van der Waals surface area contributed by atoms with Gasteiger partial charge in [0.25, 0.3) is 0 Å². The van der Waals surface area contributed by atoms with Gasteiger partial charge in [-0.1, -0.05) is 0 Å². The van der Waals surface area contributed by atoms with E-state index in [2.05, 4.69) is 14.9 Å². The highest BCUT2D eigenvalue weighted by Crippen LogP contribution is 2.10. The Morgan fingerprint density at radius 1 is 1.39 bits per heavy atom. The standard InChI is InChI=1S/C12H22N4O2/c1-14(2)6-5-7-15(3)9-11-10(12(17)18)8-13-16(11)4/h8H,5-7,9H2,1-4H3,(H,17,18). The van der Waals surface area contributed by atoms with Crippen LogP contribution in [-0.2, 0) is 13.6 Å². The van der Waals surface area contributed by atoms with Crippen molar-refractivity contribution in [3.8, 4) is 0 Å². The van der Waals surface area contributed by atoms with E-state index in [4.69, 9.17) is 5.11 Å². The number of aromatic nitrogens is 2. The zero-order valence-corrected chi connectivity index (χ0v) is 11.6. The fourth-order valence-corrected chi connectivity index (χ4v) is 1.82. The van der Waals surface area contributed by atoms with Gasteiger partial charge < -0.3 is 14.9 Å². The molecule has 0 saturated heterocycles. The molecule has 1 rings (SSSR count). The van der Waals surface area contributed by atoms with E-state index in [1.54, 1.807) is 11.7 Å². The fourth-order valence-electron chi connectivity index (χ4n) is 1.82. The Balaban J connectivity index is 2.56. The third-order valence-corrected chi connectivity index (χ3v) is 2.86. The van der Waals surface area contributed by atoms with Gasteiger partial charge >= 0.3 is 5.97 Å². The van der Waals surface area contributed by atoms with Crippen molar-refractivity contribution in [2.45, 2.75) is 13.0 Å². The zero-order valence-electron chi connectivity index (χ0n) is 11.6. The van der Waals surface area contributed by atoms with Crippen LogP contribution in [0.2, 0.25) is 0 Å². The summed E-state index contributed by atoms with van der Waals surface area (Å²) in [4.78, 5) is 15.3. The molecular weight excluding hydrogens is 232 g/mol. The molecule has 0 amide bonds. The van der Waals surface area contributed by atoms with Crippen LogP contribution in [0.5, 0.6) is 0 Å². The van der Waals surface area contributed by atoms with Crippen molar-refractivity contribution in [1.82, 2.24) is 19.6 Å². The molecule has 102 valence electrons. The van der Waals surface area contributed by atoms with E-state index in [-0.39, 0.29) is 5.56 Å². The first-order valence-electron chi connectivity index (χ1n) is 5.99. The summed E-state index contributed by atoms with van der Waals surface area (Å²) in [6, 6.07) is 0. The minimum atomic E-state index is -0.917. The predicted octanol–water partition coefficient (Wildman–Crippen LogP) is 0.502. The number of hydrogen-bond acceptors (Lipinski definition) is 4. The molecule has 0 aliphatic heterocycles. The second-order valence-electron chi connectivity index (χ2n) is 4.83. The van der Waals surface area contributed by atoms with E-state index in [0.717, 1.165) is 25.2 Å². The van der Waals surface area contributed by atoms with Crippen LogP contribution < -0.4 is 0 Å². The third kappa shape index (κ3) is 4.12. The Bertz CT molecular complexity index is 401. The molecule has 6 heteroatoms. The summed E-state index contributed by atoms with van der Waals surface area (Å²) >= 11 is 0. The molecule has 1 heterocycles. The average molecular weight is 254 g/mol. The molecule has 0 bridgehead atoms. The van der Waals surface area contributed by atoms with E-state index in [0.29, 0.717) is 6.54 Å². The molecule has 1 aromatic heterocycles. The van der Waals surface area contributed by atoms with Crippen LogP contribution in [0, 0.1) is 0 Å². The summed E-state index contributed by atoms with van der Waals surface area (Å²) in [6.07, 6.45) is 2.47. The SMILES string of the molecule is CN(C)CCCN(C)Cc1c(C(=O)O)cnn1C. The van der Waals surface area contributed by atoms with Crippen molar-refractivity contribution >= 4 is 5.97 Å². The number of aryl methyl sites for hydroxylation is 1. The van der Waals surface area contributed by atoms with Crippen LogP contribution >= 0.6 is 0 Å². The van der Waals surface area contributed by atoms with E-state index >= 15 is 0 Å². The van der Waals surface area contributed by atoms with Crippen LogP contribution in [0.15, 0.2) is 6.20 Å². The molecule has 1 N–H and O–H groups in total. The quantitative estimate of drug-likeness (QED) is 0.768. The number of aromatic carboxylic acids is 1. The Morgan fingerprint density at radius 2 is 2.06 bits per heavy atom. The smallest absolute Gasteiger partial charge is 0.339 e. The van der Waals surface area contributed by atoms with Gasteiger partial charge in [0.15, 0.2) is 0 Å². The summed E-state index contributed by atoms with van der Waals surface area (Å²) in [7, 11) is 7.86. The maximum absolute atomic E-state index is 11.0. The topological polar surface area (TPSA) is 61.6 Å². The van der Waals surface area contributed by atoms with Crippen molar-refractivity contribution in [3.05, 3.63) is 17.5 Å². The fraction of sp³-hybridized carbons (Fsp3) is 0.667. The molecular formula is C12H22N4O2. The van der Waals surface area contributed by atoms with Gasteiger partial charge in [-0.25, -0.2) is 4.79 Å². The summed E-state index contributed by atoms with van der Waals surface area (Å²) < 4.78 is 1.63. The molecule has 0 radical (unpaired) electrons. The van der Waals surface area contributed by atoms with Crippen LogP contribution in [-0.4, -0.2) is 64.9 Å². The first-order valence-corrected chi connectivity index (χ1v) is 5.99. The minimum absolute atomic E-state index is 0.289. The summed E-state index contributed by atoms with van der Waals surface area (Å²) in [6.45, 7) is 2.56. The average Bonchev–Trinajstić information content (AvgIpc) is 2.60. The lowest BCUT2D eigenvalue weighted by Gasteiger charge is -2.18. The van der Waals surface area contributed by atoms with Gasteiger partial charge in [-0.2, -0.15) is 5.10 Å². The molecule has 0 spiro atoms. The number of carboxylic acid groups (broad SMARTS) is 1. The van der Waals surface area contributed by atoms with Crippen molar-refractivity contribution < 1.29 is 9.90 Å². The molecule has 0 unspecified atom stereocenters. The number of hydrogen-bond donors (Lipinski definition) is 1. The lowest BCUT2D eigenvalue weighted by atomic mass is 10.2. The van der Waals surface area contributed by atoms with Gasteiger partial charge in [0, 0.05) is 13.6 Å². The molecule has 0 aromatic carbocycles. The Morgan fingerprint density at radius 3 is 2.61 bits per heavy atom. The van der Waals surface area contributed by atoms with Gasteiger partial charge in [-0.05, 0) is 40.7 Å². The summed E-state index contributed by atoms with van der Waals surface area (Å²) in [5.41, 5.74) is 1.03. The van der Waals surface area contributed by atoms with Gasteiger partial charge in [0.1, 0.15) is 5.56 Å². The van der Waals surface area contributed by atoms with Crippen molar-refractivity contribution in [2.75, 3.05) is 34.2 Å². The molecule has 0 atom stereocenters. The van der Waals surface area contributed by atoms with Crippen LogP contribution in [0.3, 0.4) is 0 Å². The molecule has 18 heavy (non-hydrogen) atoms. The normalized spacial score (nSPS) is 11.4. The summed E-state index contributed by atoms with van der Waals surface area (Å²) in [5, 5.41) is 13.1. The van der Waals surface area contributed by atoms with Gasteiger partial charge in [-0.3, -0.25) is 4.68 Å². The Kier molecular flexibility index (Phi) is 5.30. The highest BCUT2D eigenvalue weighted by molar-refractivity contribution is 5.88. The number of carboxylic acids is 1. The van der Waals surface area contributed by atoms with Crippen molar-refractivity contribution in [2.24, 2.45) is 7.05 Å². The van der Waals surface area contributed by atoms with Crippen molar-refractivity contribution in [3.63, 3.8) is 0 Å². The van der Waals surface area contributed by atoms with E-state index in [1.165, 1.54) is 6.20 Å². The van der Waals surface area contributed by atoms with E-state index < -0.39 is 5.97 Å². The molecule has 0 saturated carbocycles. The molecule has 6 nitrogen and oxygen atoms in total. The van der Waals surface area contributed by atoms with Gasteiger partial charge in [-0.15, -0.1) is 0 Å². The molecule has 0 aliphatic rings. The maximum atomic E-state index is 11.0. The highest BCUT2D eigenvalue weighted by atomic mass is 16.4. The maximum Gasteiger partial charge on any atom is 0.339 e. The van der Waals surface area contributed by atoms with Crippen molar-refractivity contribution in [1.29, 1.82) is 0 Å². The number of nitrogens with zero attached hydrogens (tertiary/aromatic N) is 4. The van der Waals surface area contributed by atoms with Gasteiger partial charge in [0.2, 0.25) is 0 Å². The Hall–Kier alpha value is -1.40. The Labute approximate surface area is 108 Å². The molecule has 1 aromatic rings. The number of carbonyl (C=O) groups is 1. The first kappa shape index (κ1) is 14.7. The van der Waals surface area contributed by atoms with Crippen LogP contribution in [0.1, 0.15) is 22.5 Å². The van der Waals surface area contributed by atoms with E-state index in [9.17, 15) is 4.79 Å². The summed E-state index contributed by atoms with van der Waals surface area (Å²) in [5.74, 6) is -0.917. The minimum Gasteiger partial charge on any atom is -0.478 e.